The highest BCUT2D eigenvalue weighted by atomic mass is 16.4. The Kier molecular flexibility index (Phi) is 17.4. The third-order valence-electron chi connectivity index (χ3n) is 0.546. The number of hydrogen-bond acceptors (Lipinski definition) is 6. The third kappa shape index (κ3) is 83.6. The molecule has 0 aliphatic heterocycles. The van der Waals surface area contributed by atoms with E-state index in [1.807, 2.05) is 0 Å². The predicted molar refractivity (Wildman–Crippen MR) is 75.2 cm³/mol. The summed E-state index contributed by atoms with van der Waals surface area (Å²) in [6.07, 6.45) is 2.46. The first-order valence-electron chi connectivity index (χ1n) is 4.71. The van der Waals surface area contributed by atoms with Gasteiger partial charge in [-0.05, 0) is 0 Å². The van der Waals surface area contributed by atoms with E-state index >= 15 is 0 Å². The summed E-state index contributed by atoms with van der Waals surface area (Å²) in [5.41, 5.74) is 19.8. The summed E-state index contributed by atoms with van der Waals surface area (Å²) in [7, 11) is 0. The van der Waals surface area contributed by atoms with Crippen molar-refractivity contribution in [3.8, 4) is 0 Å². The van der Waals surface area contributed by atoms with E-state index < -0.39 is 11.9 Å². The van der Waals surface area contributed by atoms with E-state index in [0.717, 1.165) is 13.8 Å². The monoisotopic (exact) mass is 290 g/mol. The summed E-state index contributed by atoms with van der Waals surface area (Å²) in [6, 6.07) is 0. The molecule has 114 valence electrons. The second kappa shape index (κ2) is 15.8. The first-order valence-corrected chi connectivity index (χ1v) is 4.71. The Bertz CT molecular complexity index is 347. The standard InChI is InChI=1S/C4H10N8.2C2H4O2/c5-3(6)11-9-1-2-10-12-4(7)8;2*1-2(3)4/h1-2H,(H4,5,6,11)(H4,7,8,12);2*1H3,(H,3,4)/b9-1-,10-2-;;. The lowest BCUT2D eigenvalue weighted by molar-refractivity contribution is -0.135. The number of hydrogen-bond donors (Lipinski definition) is 6. The van der Waals surface area contributed by atoms with Gasteiger partial charge in [-0.25, -0.2) is 0 Å². The number of carboxylic acid groups (broad SMARTS) is 2. The lowest BCUT2D eigenvalue weighted by atomic mass is 10.8. The average Bonchev–Trinajstić information content (AvgIpc) is 2.20. The van der Waals surface area contributed by atoms with Crippen LogP contribution in [0, 0.1) is 0 Å². The molecule has 12 nitrogen and oxygen atoms in total. The largest absolute Gasteiger partial charge is 0.481 e. The molecule has 0 fully saturated rings. The van der Waals surface area contributed by atoms with E-state index in [4.69, 9.17) is 42.7 Å². The fourth-order valence-electron chi connectivity index (χ4n) is 0.260. The van der Waals surface area contributed by atoms with Gasteiger partial charge < -0.3 is 33.1 Å². The number of carboxylic acids is 2. The van der Waals surface area contributed by atoms with Crippen LogP contribution in [-0.4, -0.2) is 46.5 Å². The number of carbonyl (C=O) groups is 2. The van der Waals surface area contributed by atoms with Gasteiger partial charge in [0.25, 0.3) is 11.9 Å². The van der Waals surface area contributed by atoms with Gasteiger partial charge in [0.15, 0.2) is 0 Å². The van der Waals surface area contributed by atoms with Gasteiger partial charge in [-0.2, -0.15) is 10.2 Å². The van der Waals surface area contributed by atoms with Gasteiger partial charge in [0.2, 0.25) is 11.9 Å². The molecule has 0 atom stereocenters. The van der Waals surface area contributed by atoms with Crippen LogP contribution in [0.25, 0.3) is 0 Å². The van der Waals surface area contributed by atoms with Crippen LogP contribution in [0.5, 0.6) is 0 Å². The van der Waals surface area contributed by atoms with Crippen molar-refractivity contribution in [1.29, 1.82) is 0 Å². The number of aliphatic carboxylic acids is 2. The minimum atomic E-state index is -0.833. The summed E-state index contributed by atoms with van der Waals surface area (Å²) in [5, 5.41) is 28.2. The fraction of sp³-hybridized carbons (Fsp3) is 0.250. The van der Waals surface area contributed by atoms with E-state index in [2.05, 4.69) is 20.4 Å². The molecule has 10 N–H and O–H groups in total. The van der Waals surface area contributed by atoms with Crippen LogP contribution in [0.1, 0.15) is 13.8 Å². The molecule has 0 aromatic heterocycles. The van der Waals surface area contributed by atoms with Crippen LogP contribution in [-0.2, 0) is 9.59 Å². The Labute approximate surface area is 114 Å². The second-order valence-corrected chi connectivity index (χ2v) is 2.62. The van der Waals surface area contributed by atoms with Crippen LogP contribution in [0.2, 0.25) is 0 Å². The molecule has 0 radical (unpaired) electrons. The van der Waals surface area contributed by atoms with Gasteiger partial charge >= 0.3 is 0 Å². The maximum atomic E-state index is 9.00. The van der Waals surface area contributed by atoms with Crippen molar-refractivity contribution in [3.63, 3.8) is 0 Å². The van der Waals surface area contributed by atoms with Gasteiger partial charge in [0.05, 0.1) is 12.4 Å². The normalized spacial score (nSPS) is 8.70. The summed E-state index contributed by atoms with van der Waals surface area (Å²) < 4.78 is 0. The number of nitrogens with zero attached hydrogens (tertiary/aromatic N) is 4. The predicted octanol–water partition coefficient (Wildman–Crippen LogP) is -2.31. The Morgan fingerprint density at radius 3 is 1.15 bits per heavy atom. The van der Waals surface area contributed by atoms with E-state index in [9.17, 15) is 0 Å². The lowest BCUT2D eigenvalue weighted by Crippen LogP contribution is -2.22. The minimum absolute atomic E-state index is 0.138. The Hall–Kier alpha value is -3.18. The summed E-state index contributed by atoms with van der Waals surface area (Å²) in [4.78, 5) is 18.0. The first-order chi connectivity index (χ1) is 9.09. The molecule has 0 saturated heterocycles. The molecule has 0 aromatic rings. The van der Waals surface area contributed by atoms with Crippen LogP contribution in [0.3, 0.4) is 0 Å². The Balaban J connectivity index is -0.000000297. The minimum Gasteiger partial charge on any atom is -0.481 e. The van der Waals surface area contributed by atoms with Gasteiger partial charge in [-0.15, -0.1) is 10.2 Å². The van der Waals surface area contributed by atoms with Crippen molar-refractivity contribution in [1.82, 2.24) is 0 Å². The SMILES string of the molecule is CC(=O)O.CC(=O)O.NC(N)=N/N=C\C=N/N=C(N)N. The number of rotatable bonds is 3. The maximum Gasteiger partial charge on any atom is 0.300 e. The molecule has 0 unspecified atom stereocenters. The molecule has 0 aliphatic carbocycles. The van der Waals surface area contributed by atoms with Gasteiger partial charge in [0.1, 0.15) is 0 Å². The molecular weight excluding hydrogens is 272 g/mol. The average molecular weight is 290 g/mol. The number of guanidine groups is 2. The van der Waals surface area contributed by atoms with Crippen LogP contribution in [0.15, 0.2) is 20.4 Å². The molecule has 12 heteroatoms. The third-order valence-corrected chi connectivity index (χ3v) is 0.546. The molecule has 0 aliphatic rings. The van der Waals surface area contributed by atoms with E-state index in [1.54, 1.807) is 0 Å². The number of nitrogens with two attached hydrogens (primary N) is 4. The highest BCUT2D eigenvalue weighted by Gasteiger charge is 1.72. The van der Waals surface area contributed by atoms with Gasteiger partial charge in [-0.1, -0.05) is 0 Å². The van der Waals surface area contributed by atoms with Crippen molar-refractivity contribution in [2.24, 2.45) is 43.3 Å². The zero-order chi connectivity index (χ0) is 16.6. The molecule has 0 amide bonds. The molecule has 0 rings (SSSR count). The van der Waals surface area contributed by atoms with Gasteiger partial charge in [-0.3, -0.25) is 9.59 Å². The first kappa shape index (κ1) is 22.0. The molecule has 0 heterocycles. The molecule has 0 aromatic carbocycles. The summed E-state index contributed by atoms with van der Waals surface area (Å²) in [5.74, 6) is -1.94. The zero-order valence-corrected chi connectivity index (χ0v) is 11.0. The Morgan fingerprint density at radius 1 is 0.800 bits per heavy atom. The van der Waals surface area contributed by atoms with E-state index in [1.165, 1.54) is 12.4 Å². The summed E-state index contributed by atoms with van der Waals surface area (Å²) in [6.45, 7) is 2.17. The summed E-state index contributed by atoms with van der Waals surface area (Å²) >= 11 is 0. The quantitative estimate of drug-likeness (QED) is 0.187. The van der Waals surface area contributed by atoms with Crippen molar-refractivity contribution in [3.05, 3.63) is 0 Å². The zero-order valence-electron chi connectivity index (χ0n) is 11.0. The van der Waals surface area contributed by atoms with E-state index in [-0.39, 0.29) is 11.9 Å². The Morgan fingerprint density at radius 2 is 1.00 bits per heavy atom. The molecule has 0 spiro atoms. The fourth-order valence-corrected chi connectivity index (χ4v) is 0.260. The van der Waals surface area contributed by atoms with Gasteiger partial charge in [0, 0.05) is 13.8 Å². The highest BCUT2D eigenvalue weighted by molar-refractivity contribution is 6.16. The maximum absolute atomic E-state index is 9.00. The van der Waals surface area contributed by atoms with Crippen LogP contribution < -0.4 is 22.9 Å². The smallest absolute Gasteiger partial charge is 0.300 e. The van der Waals surface area contributed by atoms with Crippen molar-refractivity contribution in [2.45, 2.75) is 13.8 Å². The van der Waals surface area contributed by atoms with Crippen molar-refractivity contribution >= 4 is 36.3 Å². The molecule has 0 bridgehead atoms. The van der Waals surface area contributed by atoms with E-state index in [0.29, 0.717) is 0 Å². The topological polar surface area (TPSA) is 228 Å². The van der Waals surface area contributed by atoms with Crippen molar-refractivity contribution < 1.29 is 19.8 Å². The second-order valence-electron chi connectivity index (χ2n) is 2.62. The molecule has 20 heavy (non-hydrogen) atoms. The van der Waals surface area contributed by atoms with Crippen molar-refractivity contribution in [2.75, 3.05) is 0 Å². The van der Waals surface area contributed by atoms with Crippen LogP contribution in [0.4, 0.5) is 0 Å². The van der Waals surface area contributed by atoms with Crippen LogP contribution >= 0.6 is 0 Å². The molecule has 0 saturated carbocycles. The lowest BCUT2D eigenvalue weighted by Gasteiger charge is -1.81. The molecular formula is C8H18N8O4. The highest BCUT2D eigenvalue weighted by Crippen LogP contribution is 1.67.